The van der Waals surface area contributed by atoms with Crippen LogP contribution in [0.25, 0.3) is 0 Å². The summed E-state index contributed by atoms with van der Waals surface area (Å²) in [5.41, 5.74) is 5.67. The predicted molar refractivity (Wildman–Crippen MR) is 67.6 cm³/mol. The Labute approximate surface area is 105 Å². The van der Waals surface area contributed by atoms with E-state index in [4.69, 9.17) is 5.73 Å². The number of nitrogen functional groups attached to an aromatic ring is 1. The third-order valence-electron chi connectivity index (χ3n) is 2.73. The van der Waals surface area contributed by atoms with Crippen molar-refractivity contribution in [3.63, 3.8) is 0 Å². The lowest BCUT2D eigenvalue weighted by atomic mass is 10.1. The van der Waals surface area contributed by atoms with Crippen LogP contribution in [0.1, 0.15) is 19.3 Å². The van der Waals surface area contributed by atoms with Crippen molar-refractivity contribution in [1.82, 2.24) is 14.9 Å². The molecular weight excluding hydrogens is 236 g/mol. The molecule has 1 aromatic rings. The van der Waals surface area contributed by atoms with Crippen molar-refractivity contribution in [2.75, 3.05) is 24.6 Å². The number of rotatable bonds is 3. The highest BCUT2D eigenvalue weighted by atomic mass is 32.2. The molecule has 1 saturated heterocycles. The topological polar surface area (TPSA) is 72.1 Å². The number of piperidine rings is 1. The van der Waals surface area contributed by atoms with Gasteiger partial charge in [-0.1, -0.05) is 11.8 Å². The lowest BCUT2D eigenvalue weighted by Gasteiger charge is -2.26. The van der Waals surface area contributed by atoms with Gasteiger partial charge in [-0.3, -0.25) is 4.79 Å². The Morgan fingerprint density at radius 2 is 2.00 bits per heavy atom. The first kappa shape index (κ1) is 12.2. The van der Waals surface area contributed by atoms with Crippen LogP contribution in [0.5, 0.6) is 0 Å². The molecule has 0 bridgehead atoms. The molecule has 17 heavy (non-hydrogen) atoms. The van der Waals surface area contributed by atoms with E-state index in [1.165, 1.54) is 18.2 Å². The number of anilines is 1. The number of amides is 1. The molecule has 2 N–H and O–H groups in total. The molecular formula is C11H16N4OS. The van der Waals surface area contributed by atoms with E-state index in [2.05, 4.69) is 9.97 Å². The Bertz CT molecular complexity index is 393. The zero-order chi connectivity index (χ0) is 12.1. The van der Waals surface area contributed by atoms with Crippen molar-refractivity contribution < 1.29 is 4.79 Å². The average molecular weight is 252 g/mol. The number of aromatic nitrogens is 2. The Morgan fingerprint density at radius 1 is 1.29 bits per heavy atom. The number of nitrogens with zero attached hydrogens (tertiary/aromatic N) is 3. The number of hydrogen-bond acceptors (Lipinski definition) is 5. The van der Waals surface area contributed by atoms with Crippen LogP contribution in [-0.2, 0) is 4.79 Å². The molecule has 0 unspecified atom stereocenters. The Morgan fingerprint density at radius 3 is 2.71 bits per heavy atom. The van der Waals surface area contributed by atoms with Gasteiger partial charge in [0.2, 0.25) is 5.91 Å². The predicted octanol–water partition coefficient (Wildman–Crippen LogP) is 1.16. The Kier molecular flexibility index (Phi) is 4.19. The second kappa shape index (κ2) is 5.86. The third-order valence-corrected chi connectivity index (χ3v) is 3.71. The molecule has 1 aliphatic heterocycles. The fourth-order valence-electron chi connectivity index (χ4n) is 1.81. The maximum atomic E-state index is 11.9. The van der Waals surface area contributed by atoms with E-state index in [1.54, 1.807) is 12.4 Å². The molecule has 2 rings (SSSR count). The first-order chi connectivity index (χ1) is 8.27. The zero-order valence-corrected chi connectivity index (χ0v) is 10.4. The number of thioether (sulfide) groups is 1. The molecule has 0 radical (unpaired) electrons. The van der Waals surface area contributed by atoms with Crippen LogP contribution in [0.3, 0.4) is 0 Å². The van der Waals surface area contributed by atoms with E-state index < -0.39 is 0 Å². The second-order valence-corrected chi connectivity index (χ2v) is 4.94. The summed E-state index contributed by atoms with van der Waals surface area (Å²) in [6, 6.07) is 0. The molecule has 0 saturated carbocycles. The van der Waals surface area contributed by atoms with Crippen molar-refractivity contribution >= 4 is 23.5 Å². The number of hydrogen-bond donors (Lipinski definition) is 1. The largest absolute Gasteiger partial charge is 0.381 e. The van der Waals surface area contributed by atoms with Crippen molar-refractivity contribution in [3.05, 3.63) is 12.4 Å². The van der Waals surface area contributed by atoms with Gasteiger partial charge in [0.05, 0.1) is 5.75 Å². The van der Waals surface area contributed by atoms with Crippen molar-refractivity contribution in [2.24, 2.45) is 0 Å². The van der Waals surface area contributed by atoms with Crippen LogP contribution >= 0.6 is 11.8 Å². The van der Waals surface area contributed by atoms with E-state index in [0.717, 1.165) is 25.9 Å². The van der Waals surface area contributed by atoms with Crippen LogP contribution in [0.4, 0.5) is 5.82 Å². The quantitative estimate of drug-likeness (QED) is 0.817. The van der Waals surface area contributed by atoms with Gasteiger partial charge in [0.15, 0.2) is 5.82 Å². The zero-order valence-electron chi connectivity index (χ0n) is 9.63. The highest BCUT2D eigenvalue weighted by Gasteiger charge is 2.17. The van der Waals surface area contributed by atoms with Crippen LogP contribution in [0.15, 0.2) is 17.4 Å². The first-order valence-electron chi connectivity index (χ1n) is 5.74. The third kappa shape index (κ3) is 3.33. The molecule has 1 aliphatic rings. The standard InChI is InChI=1S/C11H16N4OS/c12-10-11(14-5-4-13-10)17-8-9(16)15-6-2-1-3-7-15/h4-5H,1-3,6-8H2,(H2,12,13). The minimum absolute atomic E-state index is 0.166. The summed E-state index contributed by atoms with van der Waals surface area (Å²) in [6.07, 6.45) is 6.59. The van der Waals surface area contributed by atoms with Gasteiger partial charge in [0.25, 0.3) is 0 Å². The van der Waals surface area contributed by atoms with Crippen molar-refractivity contribution in [3.8, 4) is 0 Å². The van der Waals surface area contributed by atoms with Crippen LogP contribution in [0.2, 0.25) is 0 Å². The van der Waals surface area contributed by atoms with E-state index in [-0.39, 0.29) is 5.91 Å². The Balaban J connectivity index is 1.85. The van der Waals surface area contributed by atoms with Gasteiger partial charge in [-0.15, -0.1) is 0 Å². The van der Waals surface area contributed by atoms with Gasteiger partial charge in [0, 0.05) is 25.5 Å². The molecule has 6 heteroatoms. The number of likely N-dealkylation sites (tertiary alicyclic amines) is 1. The second-order valence-electron chi connectivity index (χ2n) is 3.98. The lowest BCUT2D eigenvalue weighted by Crippen LogP contribution is -2.36. The first-order valence-corrected chi connectivity index (χ1v) is 6.73. The molecule has 1 fully saturated rings. The maximum Gasteiger partial charge on any atom is 0.232 e. The molecule has 1 aromatic heterocycles. The molecule has 5 nitrogen and oxygen atoms in total. The van der Waals surface area contributed by atoms with Crippen LogP contribution in [-0.4, -0.2) is 39.6 Å². The monoisotopic (exact) mass is 252 g/mol. The SMILES string of the molecule is Nc1nccnc1SCC(=O)N1CCCCC1. The van der Waals surface area contributed by atoms with Crippen molar-refractivity contribution in [2.45, 2.75) is 24.3 Å². The van der Waals surface area contributed by atoms with Crippen LogP contribution < -0.4 is 5.73 Å². The van der Waals surface area contributed by atoms with Gasteiger partial charge >= 0.3 is 0 Å². The Hall–Kier alpha value is -1.30. The molecule has 1 amide bonds. The molecule has 0 aliphatic carbocycles. The van der Waals surface area contributed by atoms with Gasteiger partial charge in [-0.2, -0.15) is 0 Å². The highest BCUT2D eigenvalue weighted by molar-refractivity contribution is 8.00. The summed E-state index contributed by atoms with van der Waals surface area (Å²) < 4.78 is 0. The lowest BCUT2D eigenvalue weighted by molar-refractivity contribution is -0.129. The summed E-state index contributed by atoms with van der Waals surface area (Å²) in [4.78, 5) is 21.9. The van der Waals surface area contributed by atoms with E-state index >= 15 is 0 Å². The summed E-state index contributed by atoms with van der Waals surface area (Å²) in [5, 5.41) is 0.637. The van der Waals surface area contributed by atoms with E-state index in [9.17, 15) is 4.79 Å². The van der Waals surface area contributed by atoms with Gasteiger partial charge in [-0.05, 0) is 19.3 Å². The van der Waals surface area contributed by atoms with E-state index in [1.807, 2.05) is 4.90 Å². The fourth-order valence-corrected chi connectivity index (χ4v) is 2.59. The smallest absolute Gasteiger partial charge is 0.232 e. The van der Waals surface area contributed by atoms with E-state index in [0.29, 0.717) is 16.6 Å². The molecule has 0 spiro atoms. The fraction of sp³-hybridized carbons (Fsp3) is 0.545. The highest BCUT2D eigenvalue weighted by Crippen LogP contribution is 2.20. The molecule has 92 valence electrons. The maximum absolute atomic E-state index is 11.9. The molecule has 0 aromatic carbocycles. The van der Waals surface area contributed by atoms with Gasteiger partial charge < -0.3 is 10.6 Å². The minimum atomic E-state index is 0.166. The number of carbonyl (C=O) groups excluding carboxylic acids is 1. The van der Waals surface area contributed by atoms with Crippen molar-refractivity contribution in [1.29, 1.82) is 0 Å². The summed E-state index contributed by atoms with van der Waals surface area (Å²) in [6.45, 7) is 1.77. The average Bonchev–Trinajstić information content (AvgIpc) is 2.38. The molecule has 0 atom stereocenters. The normalized spacial score (nSPS) is 15.9. The number of nitrogens with two attached hydrogens (primary N) is 1. The van der Waals surface area contributed by atoms with Gasteiger partial charge in [-0.25, -0.2) is 9.97 Å². The number of carbonyl (C=O) groups is 1. The minimum Gasteiger partial charge on any atom is -0.381 e. The summed E-state index contributed by atoms with van der Waals surface area (Å²) >= 11 is 1.36. The molecule has 2 heterocycles. The van der Waals surface area contributed by atoms with Gasteiger partial charge in [0.1, 0.15) is 5.03 Å². The summed E-state index contributed by atoms with van der Waals surface area (Å²) in [5.74, 6) is 0.951. The van der Waals surface area contributed by atoms with Crippen LogP contribution in [0, 0.1) is 0 Å². The summed E-state index contributed by atoms with van der Waals surface area (Å²) in [7, 11) is 0.